The average Bonchev–Trinajstić information content (AvgIpc) is 2.73. The summed E-state index contributed by atoms with van der Waals surface area (Å²) in [5, 5.41) is 3.02. The van der Waals surface area contributed by atoms with Crippen molar-refractivity contribution < 1.29 is 9.53 Å². The van der Waals surface area contributed by atoms with Crippen molar-refractivity contribution in [3.63, 3.8) is 0 Å². The first-order valence-electron chi connectivity index (χ1n) is 6.76. The first-order chi connectivity index (χ1) is 8.20. The van der Waals surface area contributed by atoms with Gasteiger partial charge in [0, 0.05) is 25.6 Å². The van der Waals surface area contributed by atoms with Crippen molar-refractivity contribution in [1.29, 1.82) is 0 Å². The molecule has 17 heavy (non-hydrogen) atoms. The van der Waals surface area contributed by atoms with Crippen LogP contribution in [0.5, 0.6) is 0 Å². The number of fused-ring (bicyclic) bond motifs is 5. The quantitative estimate of drug-likeness (QED) is 0.809. The van der Waals surface area contributed by atoms with Crippen LogP contribution in [0.2, 0.25) is 0 Å². The second kappa shape index (κ2) is 4.16. The maximum atomic E-state index is 12.1. The molecule has 3 aliphatic rings. The molecule has 2 aliphatic carbocycles. The van der Waals surface area contributed by atoms with E-state index in [0.29, 0.717) is 12.6 Å². The first-order valence-corrected chi connectivity index (χ1v) is 6.76. The molecule has 3 fully saturated rings. The van der Waals surface area contributed by atoms with Crippen molar-refractivity contribution in [3.8, 4) is 0 Å². The van der Waals surface area contributed by atoms with E-state index in [1.165, 1.54) is 19.3 Å². The van der Waals surface area contributed by atoms with Gasteiger partial charge in [0.1, 0.15) is 0 Å². The molecule has 0 radical (unpaired) electrons. The molecule has 1 heterocycles. The highest BCUT2D eigenvalue weighted by molar-refractivity contribution is 5.76. The molecule has 3 rings (SSSR count). The van der Waals surface area contributed by atoms with Crippen LogP contribution in [0.3, 0.4) is 0 Å². The molecule has 2 amide bonds. The van der Waals surface area contributed by atoms with E-state index in [9.17, 15) is 4.79 Å². The molecule has 4 nitrogen and oxygen atoms in total. The highest BCUT2D eigenvalue weighted by Gasteiger charge is 2.57. The summed E-state index contributed by atoms with van der Waals surface area (Å²) >= 11 is 0. The summed E-state index contributed by atoms with van der Waals surface area (Å²) in [6.07, 6.45) is 4.11. The Morgan fingerprint density at radius 3 is 2.94 bits per heavy atom. The molecule has 96 valence electrons. The Balaban J connectivity index is 1.55. The third-order valence-corrected chi connectivity index (χ3v) is 4.86. The fourth-order valence-electron chi connectivity index (χ4n) is 4.14. The SMILES string of the molecule is COC[C@H](C)NC(=O)N1C[C@@H]2[C@H]3CC[C@@H](C3)[C@@H]21. The Morgan fingerprint density at radius 2 is 2.24 bits per heavy atom. The monoisotopic (exact) mass is 238 g/mol. The van der Waals surface area contributed by atoms with E-state index in [1.807, 2.05) is 6.92 Å². The van der Waals surface area contributed by atoms with Crippen LogP contribution in [0.25, 0.3) is 0 Å². The van der Waals surface area contributed by atoms with Gasteiger partial charge in [0.25, 0.3) is 0 Å². The minimum atomic E-state index is 0.102. The van der Waals surface area contributed by atoms with Crippen LogP contribution in [-0.4, -0.2) is 43.3 Å². The fraction of sp³-hybridized carbons (Fsp3) is 0.923. The third kappa shape index (κ3) is 1.73. The van der Waals surface area contributed by atoms with Gasteiger partial charge in [-0.05, 0) is 38.0 Å². The lowest BCUT2D eigenvalue weighted by Crippen LogP contribution is -2.64. The summed E-state index contributed by atoms with van der Waals surface area (Å²) < 4.78 is 5.04. The second-order valence-electron chi connectivity index (χ2n) is 5.95. The zero-order valence-electron chi connectivity index (χ0n) is 10.7. The summed E-state index contributed by atoms with van der Waals surface area (Å²) in [5.74, 6) is 2.53. The van der Waals surface area contributed by atoms with Gasteiger partial charge in [-0.1, -0.05) is 0 Å². The highest BCUT2D eigenvalue weighted by atomic mass is 16.5. The van der Waals surface area contributed by atoms with Crippen molar-refractivity contribution in [3.05, 3.63) is 0 Å². The molecular formula is C13H22N2O2. The Morgan fingerprint density at radius 1 is 1.47 bits per heavy atom. The molecule has 1 aliphatic heterocycles. The van der Waals surface area contributed by atoms with Crippen LogP contribution in [0, 0.1) is 17.8 Å². The summed E-state index contributed by atoms with van der Waals surface area (Å²) in [4.78, 5) is 14.1. The minimum Gasteiger partial charge on any atom is -0.383 e. The number of likely N-dealkylation sites (tertiary alicyclic amines) is 1. The molecule has 2 saturated carbocycles. The Kier molecular flexibility index (Phi) is 2.77. The highest BCUT2D eigenvalue weighted by Crippen LogP contribution is 2.55. The number of carbonyl (C=O) groups excluding carboxylic acids is 1. The lowest BCUT2D eigenvalue weighted by Gasteiger charge is -2.50. The molecule has 0 aromatic rings. The smallest absolute Gasteiger partial charge is 0.317 e. The van der Waals surface area contributed by atoms with Crippen LogP contribution < -0.4 is 5.32 Å². The van der Waals surface area contributed by atoms with E-state index in [0.717, 1.165) is 24.3 Å². The zero-order valence-corrected chi connectivity index (χ0v) is 10.7. The van der Waals surface area contributed by atoms with Gasteiger partial charge >= 0.3 is 6.03 Å². The van der Waals surface area contributed by atoms with Gasteiger partial charge < -0.3 is 15.0 Å². The van der Waals surface area contributed by atoms with Crippen LogP contribution in [0.1, 0.15) is 26.2 Å². The average molecular weight is 238 g/mol. The van der Waals surface area contributed by atoms with Crippen LogP contribution in [0.4, 0.5) is 4.79 Å². The van der Waals surface area contributed by atoms with Crippen molar-refractivity contribution in [2.45, 2.75) is 38.3 Å². The van der Waals surface area contributed by atoms with Gasteiger partial charge in [-0.15, -0.1) is 0 Å². The van der Waals surface area contributed by atoms with Gasteiger partial charge in [0.05, 0.1) is 12.6 Å². The lowest BCUT2D eigenvalue weighted by atomic mass is 9.77. The molecule has 0 aromatic carbocycles. The molecule has 0 spiro atoms. The van der Waals surface area contributed by atoms with E-state index >= 15 is 0 Å². The number of rotatable bonds is 3. The van der Waals surface area contributed by atoms with Gasteiger partial charge in [0.15, 0.2) is 0 Å². The summed E-state index contributed by atoms with van der Waals surface area (Å²) in [6, 6.07) is 0.775. The Bertz CT molecular complexity index is 319. The number of methoxy groups -OCH3 is 1. The van der Waals surface area contributed by atoms with Crippen molar-refractivity contribution in [2.24, 2.45) is 17.8 Å². The number of hydrogen-bond donors (Lipinski definition) is 1. The van der Waals surface area contributed by atoms with E-state index < -0.39 is 0 Å². The number of carbonyl (C=O) groups is 1. The van der Waals surface area contributed by atoms with Crippen LogP contribution in [-0.2, 0) is 4.74 Å². The molecule has 5 atom stereocenters. The number of urea groups is 1. The first kappa shape index (κ1) is 11.3. The summed E-state index contributed by atoms with van der Waals surface area (Å²) in [6.45, 7) is 3.55. The topological polar surface area (TPSA) is 41.6 Å². The summed E-state index contributed by atoms with van der Waals surface area (Å²) in [7, 11) is 1.66. The number of ether oxygens (including phenoxy) is 1. The van der Waals surface area contributed by atoms with Crippen LogP contribution >= 0.6 is 0 Å². The van der Waals surface area contributed by atoms with Crippen molar-refractivity contribution in [1.82, 2.24) is 10.2 Å². The van der Waals surface area contributed by atoms with Crippen LogP contribution in [0.15, 0.2) is 0 Å². The fourth-order valence-corrected chi connectivity index (χ4v) is 4.14. The summed E-state index contributed by atoms with van der Waals surface area (Å²) in [5.41, 5.74) is 0. The lowest BCUT2D eigenvalue weighted by molar-refractivity contribution is 0.0104. The van der Waals surface area contributed by atoms with E-state index in [1.54, 1.807) is 7.11 Å². The normalized spacial score (nSPS) is 39.8. The number of nitrogens with zero attached hydrogens (tertiary/aromatic N) is 1. The molecule has 0 aromatic heterocycles. The maximum absolute atomic E-state index is 12.1. The molecule has 4 heteroatoms. The standard InChI is InChI=1S/C13H22N2O2/c1-8(7-17-2)14-13(16)15-6-11-9-3-4-10(5-9)12(11)15/h8-12H,3-7H2,1-2H3,(H,14,16)/t8-,9-,10-,11+,12-/m0/s1. The largest absolute Gasteiger partial charge is 0.383 e. The molecule has 1 N–H and O–H groups in total. The third-order valence-electron chi connectivity index (χ3n) is 4.86. The second-order valence-corrected chi connectivity index (χ2v) is 5.95. The molecule has 0 unspecified atom stereocenters. The van der Waals surface area contributed by atoms with Gasteiger partial charge in [-0.2, -0.15) is 0 Å². The maximum Gasteiger partial charge on any atom is 0.317 e. The minimum absolute atomic E-state index is 0.102. The Labute approximate surface area is 103 Å². The Hall–Kier alpha value is -0.770. The zero-order chi connectivity index (χ0) is 12.0. The predicted molar refractivity (Wildman–Crippen MR) is 64.7 cm³/mol. The molecular weight excluding hydrogens is 216 g/mol. The van der Waals surface area contributed by atoms with Gasteiger partial charge in [-0.25, -0.2) is 4.79 Å². The number of hydrogen-bond acceptors (Lipinski definition) is 2. The van der Waals surface area contributed by atoms with Crippen molar-refractivity contribution in [2.75, 3.05) is 20.3 Å². The predicted octanol–water partition coefficient (Wildman–Crippen LogP) is 1.46. The van der Waals surface area contributed by atoms with Crippen molar-refractivity contribution >= 4 is 6.03 Å². The number of amides is 2. The number of nitrogens with one attached hydrogen (secondary N) is 1. The molecule has 2 bridgehead atoms. The van der Waals surface area contributed by atoms with E-state index in [4.69, 9.17) is 4.74 Å². The molecule has 1 saturated heterocycles. The van der Waals surface area contributed by atoms with E-state index in [-0.39, 0.29) is 12.1 Å². The van der Waals surface area contributed by atoms with Gasteiger partial charge in [-0.3, -0.25) is 0 Å². The van der Waals surface area contributed by atoms with Gasteiger partial charge in [0.2, 0.25) is 0 Å². The van der Waals surface area contributed by atoms with E-state index in [2.05, 4.69) is 10.2 Å².